The fraction of sp³-hybridized carbons (Fsp3) is 0.280. The molecule has 1 aliphatic rings. The standard InChI is InChI=1S/C50H56N4O8S4/c1-39-15-23-45(24-16-39)63(55,56)51-31-9-33-53(65(59,60)47-27-19-41(3)20-28-47)37-43-11-5-7-13-49(43)50-14-8-6-12-44(50)38-54(66(61,62)48-29-21-42(4)22-30-48)34-10-32-52(36-35-51)64(57,58)46-25-17-40(2)18-26-46/h5-8,11-30H,9-10,31-38H2,1-4H3. The summed E-state index contributed by atoms with van der Waals surface area (Å²) in [6.45, 7) is 6.26. The molecule has 0 saturated carbocycles. The summed E-state index contributed by atoms with van der Waals surface area (Å²) in [4.78, 5) is 0.172. The Kier molecular flexibility index (Phi) is 15.1. The van der Waals surface area contributed by atoms with Crippen LogP contribution in [0.25, 0.3) is 11.1 Å². The first-order valence-corrected chi connectivity index (χ1v) is 27.6. The van der Waals surface area contributed by atoms with E-state index in [9.17, 15) is 33.7 Å². The lowest BCUT2D eigenvalue weighted by atomic mass is 9.95. The largest absolute Gasteiger partial charge is 0.243 e. The lowest BCUT2D eigenvalue weighted by Crippen LogP contribution is -2.43. The smallest absolute Gasteiger partial charge is 0.207 e. The van der Waals surface area contributed by atoms with Crippen molar-refractivity contribution in [2.45, 2.75) is 73.2 Å². The molecule has 0 bridgehead atoms. The van der Waals surface area contributed by atoms with Gasteiger partial charge in [-0.1, -0.05) is 119 Å². The quantitative estimate of drug-likeness (QED) is 0.148. The van der Waals surface area contributed by atoms with Gasteiger partial charge in [-0.2, -0.15) is 17.2 Å². The van der Waals surface area contributed by atoms with Crippen molar-refractivity contribution in [3.8, 4) is 11.1 Å². The number of aryl methyl sites for hydroxylation is 4. The highest BCUT2D eigenvalue weighted by atomic mass is 32.2. The average Bonchev–Trinajstić information content (AvgIpc) is 3.29. The van der Waals surface area contributed by atoms with Crippen LogP contribution in [-0.4, -0.2) is 90.2 Å². The number of sulfonamides is 4. The maximum atomic E-state index is 14.7. The summed E-state index contributed by atoms with van der Waals surface area (Å²) in [6, 6.07) is 40.7. The molecule has 0 radical (unpaired) electrons. The number of hydrogen-bond donors (Lipinski definition) is 0. The minimum atomic E-state index is -4.24. The molecule has 0 unspecified atom stereocenters. The monoisotopic (exact) mass is 968 g/mol. The lowest BCUT2D eigenvalue weighted by molar-refractivity contribution is 0.313. The Balaban J connectivity index is 1.38. The number of rotatable bonds is 8. The minimum absolute atomic E-state index is 0.0110. The van der Waals surface area contributed by atoms with Crippen LogP contribution in [0.4, 0.5) is 0 Å². The van der Waals surface area contributed by atoms with Crippen molar-refractivity contribution < 1.29 is 33.7 Å². The molecular weight excluding hydrogens is 913 g/mol. The molecule has 66 heavy (non-hydrogen) atoms. The van der Waals surface area contributed by atoms with E-state index in [-0.39, 0.29) is 84.8 Å². The van der Waals surface area contributed by atoms with Crippen LogP contribution in [0.5, 0.6) is 0 Å². The van der Waals surface area contributed by atoms with Gasteiger partial charge in [0.05, 0.1) is 19.6 Å². The van der Waals surface area contributed by atoms with Crippen molar-refractivity contribution in [1.82, 2.24) is 17.2 Å². The molecule has 0 atom stereocenters. The second-order valence-electron chi connectivity index (χ2n) is 16.8. The maximum absolute atomic E-state index is 14.7. The predicted molar refractivity (Wildman–Crippen MR) is 259 cm³/mol. The lowest BCUT2D eigenvalue weighted by Gasteiger charge is -2.30. The summed E-state index contributed by atoms with van der Waals surface area (Å²) in [5.41, 5.74) is 6.18. The number of fused-ring (bicyclic) bond motifs is 3. The molecular formula is C50H56N4O8S4. The Morgan fingerprint density at radius 2 is 0.545 bits per heavy atom. The summed E-state index contributed by atoms with van der Waals surface area (Å²) in [7, 11) is -16.8. The third kappa shape index (κ3) is 11.0. The van der Waals surface area contributed by atoms with E-state index in [1.807, 2.05) is 76.2 Å². The van der Waals surface area contributed by atoms with Crippen LogP contribution in [0.3, 0.4) is 0 Å². The first-order valence-electron chi connectivity index (χ1n) is 21.8. The Labute approximate surface area is 391 Å². The molecule has 6 aromatic rings. The van der Waals surface area contributed by atoms with E-state index in [1.165, 1.54) is 41.5 Å². The van der Waals surface area contributed by atoms with Gasteiger partial charge in [-0.3, -0.25) is 0 Å². The van der Waals surface area contributed by atoms with Crippen LogP contribution in [0.2, 0.25) is 0 Å². The molecule has 0 fully saturated rings. The van der Waals surface area contributed by atoms with Gasteiger partial charge in [0, 0.05) is 52.4 Å². The van der Waals surface area contributed by atoms with Gasteiger partial charge in [0.25, 0.3) is 0 Å². The van der Waals surface area contributed by atoms with E-state index >= 15 is 0 Å². The summed E-state index contributed by atoms with van der Waals surface area (Å²) < 4.78 is 122. The van der Waals surface area contributed by atoms with E-state index in [0.717, 1.165) is 22.3 Å². The zero-order valence-electron chi connectivity index (χ0n) is 37.6. The van der Waals surface area contributed by atoms with Crippen molar-refractivity contribution in [2.24, 2.45) is 0 Å². The van der Waals surface area contributed by atoms with E-state index in [4.69, 9.17) is 0 Å². The topological polar surface area (TPSA) is 150 Å². The van der Waals surface area contributed by atoms with Gasteiger partial charge in [0.1, 0.15) is 0 Å². The normalized spacial score (nSPS) is 16.4. The molecule has 0 N–H and O–H groups in total. The Bertz CT molecular complexity index is 2880. The summed E-state index contributed by atoms with van der Waals surface area (Å²) in [5, 5.41) is 0. The Morgan fingerprint density at radius 3 is 0.833 bits per heavy atom. The van der Waals surface area contributed by atoms with E-state index < -0.39 is 40.1 Å². The number of hydrogen-bond acceptors (Lipinski definition) is 8. The fourth-order valence-corrected chi connectivity index (χ4v) is 13.9. The van der Waals surface area contributed by atoms with E-state index in [0.29, 0.717) is 22.3 Å². The SMILES string of the molecule is Cc1ccc(S(=O)(=O)N2CCCN(S(=O)(=O)c3ccc(C)cc3)Cc3ccccc3-c3ccccc3CN(S(=O)(=O)c3ccc(C)cc3)CCCN(S(=O)(=O)c3ccc(C)cc3)CC2)cc1. The van der Waals surface area contributed by atoms with Gasteiger partial charge < -0.3 is 0 Å². The highest BCUT2D eigenvalue weighted by Gasteiger charge is 2.33. The minimum Gasteiger partial charge on any atom is -0.207 e. The molecule has 1 heterocycles. The van der Waals surface area contributed by atoms with Crippen LogP contribution >= 0.6 is 0 Å². The fourth-order valence-electron chi connectivity index (χ4n) is 8.00. The van der Waals surface area contributed by atoms with Crippen LogP contribution < -0.4 is 0 Å². The zero-order chi connectivity index (χ0) is 47.3. The van der Waals surface area contributed by atoms with Gasteiger partial charge in [0.15, 0.2) is 0 Å². The van der Waals surface area contributed by atoms with Crippen molar-refractivity contribution in [3.63, 3.8) is 0 Å². The first-order chi connectivity index (χ1) is 31.4. The molecule has 12 nitrogen and oxygen atoms in total. The molecule has 0 amide bonds. The molecule has 348 valence electrons. The van der Waals surface area contributed by atoms with Gasteiger partial charge in [-0.05, 0) is 111 Å². The zero-order valence-corrected chi connectivity index (χ0v) is 40.9. The van der Waals surface area contributed by atoms with Gasteiger partial charge >= 0.3 is 0 Å². The highest BCUT2D eigenvalue weighted by molar-refractivity contribution is 7.90. The van der Waals surface area contributed by atoms with Gasteiger partial charge in [-0.15, -0.1) is 0 Å². The van der Waals surface area contributed by atoms with Crippen molar-refractivity contribution in [2.75, 3.05) is 39.3 Å². The summed E-state index contributed by atoms with van der Waals surface area (Å²) in [6.07, 6.45) is 0.150. The first kappa shape index (κ1) is 48.9. The molecule has 0 saturated heterocycles. The molecule has 0 aliphatic carbocycles. The number of nitrogens with zero attached hydrogens (tertiary/aromatic N) is 4. The van der Waals surface area contributed by atoms with Gasteiger partial charge in [0.2, 0.25) is 40.1 Å². The van der Waals surface area contributed by atoms with Crippen molar-refractivity contribution >= 4 is 40.1 Å². The predicted octanol–water partition coefficient (Wildman–Crippen LogP) is 8.14. The molecule has 6 aromatic carbocycles. The molecule has 7 rings (SSSR count). The summed E-state index contributed by atoms with van der Waals surface area (Å²) >= 11 is 0. The second kappa shape index (κ2) is 20.4. The third-order valence-electron chi connectivity index (χ3n) is 11.9. The van der Waals surface area contributed by atoms with E-state index in [2.05, 4.69) is 0 Å². The van der Waals surface area contributed by atoms with Gasteiger partial charge in [-0.25, -0.2) is 33.7 Å². The molecule has 16 heteroatoms. The Morgan fingerprint density at radius 1 is 0.303 bits per heavy atom. The number of benzene rings is 6. The Hall–Kier alpha value is -5.04. The second-order valence-corrected chi connectivity index (χ2v) is 24.5. The van der Waals surface area contributed by atoms with Crippen LogP contribution in [0.15, 0.2) is 165 Å². The van der Waals surface area contributed by atoms with Crippen LogP contribution in [0.1, 0.15) is 46.2 Å². The maximum Gasteiger partial charge on any atom is 0.243 e. The third-order valence-corrected chi connectivity index (χ3v) is 19.4. The van der Waals surface area contributed by atoms with Crippen molar-refractivity contribution in [3.05, 3.63) is 179 Å². The highest BCUT2D eigenvalue weighted by Crippen LogP contribution is 2.32. The molecule has 0 spiro atoms. The van der Waals surface area contributed by atoms with Crippen molar-refractivity contribution in [1.29, 1.82) is 0 Å². The van der Waals surface area contributed by atoms with E-state index in [1.54, 1.807) is 72.8 Å². The summed E-state index contributed by atoms with van der Waals surface area (Å²) in [5.74, 6) is 0. The average molecular weight is 969 g/mol. The molecule has 0 aromatic heterocycles. The molecule has 1 aliphatic heterocycles. The van der Waals surface area contributed by atoms with Crippen LogP contribution in [0, 0.1) is 27.7 Å². The van der Waals surface area contributed by atoms with Crippen LogP contribution in [-0.2, 0) is 53.2 Å².